The number of alkyl halides is 3. The number of carbonyl (C=O) groups is 1. The summed E-state index contributed by atoms with van der Waals surface area (Å²) in [5, 5.41) is 14.9. The minimum Gasteiger partial charge on any atom is -0.318 e. The van der Waals surface area contributed by atoms with E-state index in [1.165, 1.54) is 36.5 Å². The van der Waals surface area contributed by atoms with Crippen LogP contribution in [-0.2, 0) is 6.18 Å². The Morgan fingerprint density at radius 3 is 2.52 bits per heavy atom. The third-order valence-corrected chi connectivity index (χ3v) is 4.62. The lowest BCUT2D eigenvalue weighted by Gasteiger charge is -2.13. The Hall–Kier alpha value is -3.95. The molecule has 2 aromatic carbocycles. The van der Waals surface area contributed by atoms with Crippen LogP contribution in [0, 0.1) is 24.0 Å². The van der Waals surface area contributed by atoms with E-state index >= 15 is 0 Å². The van der Waals surface area contributed by atoms with Gasteiger partial charge in [-0.3, -0.25) is 14.9 Å². The van der Waals surface area contributed by atoms with Gasteiger partial charge in [0.2, 0.25) is 0 Å². The van der Waals surface area contributed by atoms with Crippen LogP contribution in [0.2, 0.25) is 0 Å². The second-order valence-corrected chi connectivity index (χ2v) is 6.68. The van der Waals surface area contributed by atoms with Crippen molar-refractivity contribution in [3.8, 4) is 5.69 Å². The molecule has 7 nitrogen and oxygen atoms in total. The highest BCUT2D eigenvalue weighted by molar-refractivity contribution is 5.98. The number of aryl methyl sites for hydroxylation is 1. The number of nitro groups is 1. The predicted octanol–water partition coefficient (Wildman–Crippen LogP) is 4.79. The number of aromatic nitrogens is 1. The zero-order valence-electron chi connectivity index (χ0n) is 16.5. The molecule has 0 radical (unpaired) electrons. The Morgan fingerprint density at radius 1 is 1.13 bits per heavy atom. The maximum absolute atomic E-state index is 13.0. The number of nitrogens with zero attached hydrogens (tertiary/aromatic N) is 3. The first-order valence-electron chi connectivity index (χ1n) is 9.03. The fourth-order valence-electron chi connectivity index (χ4n) is 3.18. The van der Waals surface area contributed by atoms with Crippen LogP contribution in [0.25, 0.3) is 5.69 Å². The monoisotopic (exact) mass is 430 g/mol. The van der Waals surface area contributed by atoms with Gasteiger partial charge >= 0.3 is 6.18 Å². The van der Waals surface area contributed by atoms with Crippen molar-refractivity contribution in [1.82, 2.24) is 9.99 Å². The van der Waals surface area contributed by atoms with Crippen molar-refractivity contribution in [2.75, 3.05) is 0 Å². The summed E-state index contributed by atoms with van der Waals surface area (Å²) in [6.07, 6.45) is -3.13. The van der Waals surface area contributed by atoms with E-state index in [2.05, 4.69) is 10.5 Å². The van der Waals surface area contributed by atoms with Crippen molar-refractivity contribution in [1.29, 1.82) is 0 Å². The number of hydrazone groups is 1. The third kappa shape index (κ3) is 4.63. The first-order valence-corrected chi connectivity index (χ1v) is 9.03. The van der Waals surface area contributed by atoms with E-state index in [-0.39, 0.29) is 11.3 Å². The smallest absolute Gasteiger partial charge is 0.318 e. The van der Waals surface area contributed by atoms with Gasteiger partial charge in [0.1, 0.15) is 5.56 Å². The van der Waals surface area contributed by atoms with Crippen LogP contribution in [-0.4, -0.2) is 21.6 Å². The van der Waals surface area contributed by atoms with Gasteiger partial charge in [0.15, 0.2) is 0 Å². The fourth-order valence-corrected chi connectivity index (χ4v) is 3.18. The number of hydrogen-bond acceptors (Lipinski definition) is 4. The first kappa shape index (κ1) is 21.8. The topological polar surface area (TPSA) is 89.5 Å². The highest BCUT2D eigenvalue weighted by Gasteiger charge is 2.30. The largest absolute Gasteiger partial charge is 0.416 e. The molecule has 31 heavy (non-hydrogen) atoms. The molecule has 0 unspecified atom stereocenters. The molecule has 1 aromatic heterocycles. The van der Waals surface area contributed by atoms with E-state index in [4.69, 9.17) is 0 Å². The Morgan fingerprint density at radius 2 is 1.84 bits per heavy atom. The van der Waals surface area contributed by atoms with E-state index in [1.54, 1.807) is 30.5 Å². The van der Waals surface area contributed by atoms with E-state index in [1.807, 2.05) is 0 Å². The Balaban J connectivity index is 1.84. The van der Waals surface area contributed by atoms with E-state index in [0.717, 1.165) is 12.1 Å². The molecule has 0 atom stereocenters. The second-order valence-electron chi connectivity index (χ2n) is 6.68. The molecule has 0 bridgehead atoms. The Labute approximate surface area is 175 Å². The van der Waals surface area contributed by atoms with E-state index < -0.39 is 22.6 Å². The van der Waals surface area contributed by atoms with Gasteiger partial charge in [0, 0.05) is 28.7 Å². The van der Waals surface area contributed by atoms with Crippen LogP contribution in [0.15, 0.2) is 59.7 Å². The molecule has 1 heterocycles. The SMILES string of the molecule is Cc1cc(/C=N/NC(=O)c2ccccc2[N+](=O)[O-])c(C)n1-c1cccc(C(F)(F)F)c1. The van der Waals surface area contributed by atoms with Crippen LogP contribution < -0.4 is 5.43 Å². The summed E-state index contributed by atoms with van der Waals surface area (Å²) in [7, 11) is 0. The Bertz CT molecular complexity index is 1180. The first-order chi connectivity index (χ1) is 14.6. The molecule has 3 rings (SSSR count). The molecule has 160 valence electrons. The summed E-state index contributed by atoms with van der Waals surface area (Å²) in [5.74, 6) is -0.754. The van der Waals surface area contributed by atoms with Crippen LogP contribution in [0.5, 0.6) is 0 Å². The van der Waals surface area contributed by atoms with Crippen molar-refractivity contribution in [2.24, 2.45) is 5.10 Å². The van der Waals surface area contributed by atoms with Crippen LogP contribution >= 0.6 is 0 Å². The lowest BCUT2D eigenvalue weighted by molar-refractivity contribution is -0.385. The average Bonchev–Trinajstić information content (AvgIpc) is 3.00. The molecule has 3 aromatic rings. The van der Waals surface area contributed by atoms with E-state index in [9.17, 15) is 28.1 Å². The normalized spacial score (nSPS) is 11.6. The third-order valence-electron chi connectivity index (χ3n) is 4.62. The summed E-state index contributed by atoms with van der Waals surface area (Å²) < 4.78 is 40.8. The number of carbonyl (C=O) groups excluding carboxylic acids is 1. The average molecular weight is 430 g/mol. The maximum atomic E-state index is 13.0. The summed E-state index contributed by atoms with van der Waals surface area (Å²) in [6, 6.07) is 12.1. The molecule has 0 fully saturated rings. The minimum absolute atomic E-state index is 0.140. The standard InChI is InChI=1S/C21H17F3N4O3/c1-13-10-15(12-25-26-20(29)18-8-3-4-9-19(18)28(30)31)14(2)27(13)17-7-5-6-16(11-17)21(22,23)24/h3-12H,1-2H3,(H,26,29)/b25-12+. The number of halogens is 3. The molecule has 10 heteroatoms. The van der Waals surface area contributed by atoms with E-state index in [0.29, 0.717) is 22.6 Å². The summed E-state index contributed by atoms with van der Waals surface area (Å²) in [5.41, 5.74) is 3.18. The highest BCUT2D eigenvalue weighted by Crippen LogP contribution is 2.31. The van der Waals surface area contributed by atoms with Crippen molar-refractivity contribution in [2.45, 2.75) is 20.0 Å². The molecule has 0 saturated carbocycles. The van der Waals surface area contributed by atoms with Crippen molar-refractivity contribution in [3.05, 3.63) is 92.8 Å². The number of nitro benzene ring substituents is 1. The van der Waals surface area contributed by atoms with Crippen LogP contribution in [0.1, 0.15) is 32.9 Å². The molecule has 0 aliphatic heterocycles. The summed E-state index contributed by atoms with van der Waals surface area (Å²) >= 11 is 0. The zero-order valence-corrected chi connectivity index (χ0v) is 16.5. The number of hydrogen-bond donors (Lipinski definition) is 1. The zero-order chi connectivity index (χ0) is 22.8. The van der Waals surface area contributed by atoms with Gasteiger partial charge in [0.05, 0.1) is 16.7 Å². The second kappa shape index (κ2) is 8.42. The molecule has 0 spiro atoms. The molecule has 0 saturated heterocycles. The molecule has 1 amide bonds. The number of para-hydroxylation sites is 1. The van der Waals surface area contributed by atoms with Crippen molar-refractivity contribution < 1.29 is 22.9 Å². The summed E-state index contributed by atoms with van der Waals surface area (Å²) in [4.78, 5) is 22.6. The van der Waals surface area contributed by atoms with Gasteiger partial charge in [-0.2, -0.15) is 18.3 Å². The Kier molecular flexibility index (Phi) is 5.91. The van der Waals surface area contributed by atoms with Gasteiger partial charge < -0.3 is 4.57 Å². The van der Waals surface area contributed by atoms with Crippen molar-refractivity contribution in [3.63, 3.8) is 0 Å². The molecule has 1 N–H and O–H groups in total. The highest BCUT2D eigenvalue weighted by atomic mass is 19.4. The number of benzene rings is 2. The molecular formula is C21H17F3N4O3. The van der Waals surface area contributed by atoms with Crippen LogP contribution in [0.4, 0.5) is 18.9 Å². The van der Waals surface area contributed by atoms with Gasteiger partial charge in [-0.1, -0.05) is 18.2 Å². The predicted molar refractivity (Wildman–Crippen MR) is 108 cm³/mol. The van der Waals surface area contributed by atoms with Gasteiger partial charge in [-0.25, -0.2) is 5.43 Å². The number of nitrogens with one attached hydrogen (secondary N) is 1. The van der Waals surface area contributed by atoms with Crippen LogP contribution in [0.3, 0.4) is 0 Å². The van der Waals surface area contributed by atoms with Gasteiger partial charge in [-0.05, 0) is 44.2 Å². The number of rotatable bonds is 5. The minimum atomic E-state index is -4.46. The van der Waals surface area contributed by atoms with Crippen molar-refractivity contribution >= 4 is 17.8 Å². The molecule has 0 aliphatic carbocycles. The molecular weight excluding hydrogens is 413 g/mol. The lowest BCUT2D eigenvalue weighted by Crippen LogP contribution is -2.19. The lowest BCUT2D eigenvalue weighted by atomic mass is 10.2. The quantitative estimate of drug-likeness (QED) is 0.359. The maximum Gasteiger partial charge on any atom is 0.416 e. The van der Waals surface area contributed by atoms with Gasteiger partial charge in [0.25, 0.3) is 11.6 Å². The summed E-state index contributed by atoms with van der Waals surface area (Å²) in [6.45, 7) is 3.44. The fraction of sp³-hybridized carbons (Fsp3) is 0.143. The molecule has 0 aliphatic rings. The van der Waals surface area contributed by atoms with Gasteiger partial charge in [-0.15, -0.1) is 0 Å². The number of amides is 1.